The van der Waals surface area contributed by atoms with Crippen molar-refractivity contribution in [3.05, 3.63) is 35.6 Å². The molecule has 19 heavy (non-hydrogen) atoms. The Morgan fingerprint density at radius 1 is 1.37 bits per heavy atom. The molecule has 0 saturated carbocycles. The molecular weight excluding hydrogens is 239 g/mol. The number of piperidine rings is 1. The summed E-state index contributed by atoms with van der Waals surface area (Å²) < 4.78 is 12.9. The van der Waals surface area contributed by atoms with Crippen LogP contribution in [0.15, 0.2) is 24.3 Å². The highest BCUT2D eigenvalue weighted by molar-refractivity contribution is 5.19. The molecule has 1 aliphatic heterocycles. The molecule has 1 saturated heterocycles. The van der Waals surface area contributed by atoms with Gasteiger partial charge in [0.2, 0.25) is 0 Å². The van der Waals surface area contributed by atoms with Crippen molar-refractivity contribution in [2.75, 3.05) is 19.6 Å². The molecule has 0 bridgehead atoms. The Morgan fingerprint density at radius 2 is 2.11 bits per heavy atom. The van der Waals surface area contributed by atoms with Gasteiger partial charge in [0.25, 0.3) is 0 Å². The largest absolute Gasteiger partial charge is 0.324 e. The van der Waals surface area contributed by atoms with E-state index in [1.807, 2.05) is 0 Å². The van der Waals surface area contributed by atoms with Gasteiger partial charge in [-0.2, -0.15) is 0 Å². The fourth-order valence-electron chi connectivity index (χ4n) is 2.89. The smallest absolute Gasteiger partial charge is 0.123 e. The molecule has 2 nitrogen and oxygen atoms in total. The summed E-state index contributed by atoms with van der Waals surface area (Å²) in [7, 11) is 0. The Bertz CT molecular complexity index is 377. The van der Waals surface area contributed by atoms with E-state index in [2.05, 4.69) is 11.8 Å². The highest BCUT2D eigenvalue weighted by Gasteiger charge is 2.18. The second-order valence-electron chi connectivity index (χ2n) is 5.66. The van der Waals surface area contributed by atoms with E-state index >= 15 is 0 Å². The van der Waals surface area contributed by atoms with Gasteiger partial charge < -0.3 is 10.6 Å². The van der Waals surface area contributed by atoms with Gasteiger partial charge in [-0.3, -0.25) is 0 Å². The van der Waals surface area contributed by atoms with Gasteiger partial charge in [0.05, 0.1) is 0 Å². The lowest BCUT2D eigenvalue weighted by atomic mass is 9.95. The summed E-state index contributed by atoms with van der Waals surface area (Å²) in [5.41, 5.74) is 7.21. The Kier molecular flexibility index (Phi) is 5.34. The minimum atomic E-state index is -0.197. The first-order valence-electron chi connectivity index (χ1n) is 7.42. The zero-order valence-corrected chi connectivity index (χ0v) is 11.8. The molecule has 3 heteroatoms. The number of halogens is 1. The van der Waals surface area contributed by atoms with Crippen LogP contribution >= 0.6 is 0 Å². The molecule has 2 rings (SSSR count). The molecular formula is C16H25FN2. The van der Waals surface area contributed by atoms with E-state index in [1.165, 1.54) is 44.5 Å². The van der Waals surface area contributed by atoms with Gasteiger partial charge in [-0.05, 0) is 56.0 Å². The van der Waals surface area contributed by atoms with Gasteiger partial charge in [0.1, 0.15) is 5.82 Å². The second-order valence-corrected chi connectivity index (χ2v) is 5.66. The summed E-state index contributed by atoms with van der Waals surface area (Å²) in [6.45, 7) is 5.74. The molecule has 2 unspecified atom stereocenters. The van der Waals surface area contributed by atoms with E-state index in [9.17, 15) is 4.39 Å². The van der Waals surface area contributed by atoms with Crippen LogP contribution in [0.25, 0.3) is 0 Å². The molecule has 1 aromatic carbocycles. The summed E-state index contributed by atoms with van der Waals surface area (Å²) in [6.07, 6.45) is 4.91. The van der Waals surface area contributed by atoms with E-state index in [4.69, 9.17) is 5.73 Å². The van der Waals surface area contributed by atoms with Gasteiger partial charge in [-0.15, -0.1) is 0 Å². The Morgan fingerprint density at radius 3 is 2.79 bits per heavy atom. The predicted octanol–water partition coefficient (Wildman–Crippen LogP) is 3.34. The molecule has 0 aromatic heterocycles. The average molecular weight is 264 g/mol. The van der Waals surface area contributed by atoms with Gasteiger partial charge in [-0.1, -0.05) is 25.5 Å². The number of nitrogens with zero attached hydrogens (tertiary/aromatic N) is 1. The van der Waals surface area contributed by atoms with E-state index in [0.29, 0.717) is 0 Å². The summed E-state index contributed by atoms with van der Waals surface area (Å²) in [5.74, 6) is 0.661. The highest BCUT2D eigenvalue weighted by Crippen LogP contribution is 2.21. The van der Waals surface area contributed by atoms with Gasteiger partial charge in [-0.25, -0.2) is 4.39 Å². The fourth-order valence-corrected chi connectivity index (χ4v) is 2.89. The number of hydrogen-bond donors (Lipinski definition) is 1. The third-order valence-electron chi connectivity index (χ3n) is 4.23. The fraction of sp³-hybridized carbons (Fsp3) is 0.625. The molecule has 0 amide bonds. The van der Waals surface area contributed by atoms with Gasteiger partial charge in [0, 0.05) is 12.6 Å². The molecule has 1 aromatic rings. The number of hydrogen-bond acceptors (Lipinski definition) is 2. The van der Waals surface area contributed by atoms with Crippen LogP contribution in [0.4, 0.5) is 4.39 Å². The van der Waals surface area contributed by atoms with Crippen LogP contribution in [0.5, 0.6) is 0 Å². The molecule has 1 fully saturated rings. The zero-order valence-electron chi connectivity index (χ0n) is 11.8. The van der Waals surface area contributed by atoms with Crippen molar-refractivity contribution in [3.63, 3.8) is 0 Å². The van der Waals surface area contributed by atoms with Crippen LogP contribution in [0.1, 0.15) is 44.2 Å². The summed E-state index contributed by atoms with van der Waals surface area (Å²) in [4.78, 5) is 2.53. The molecule has 2 atom stereocenters. The lowest BCUT2D eigenvalue weighted by molar-refractivity contribution is 0.167. The van der Waals surface area contributed by atoms with Crippen LogP contribution in [0.2, 0.25) is 0 Å². The van der Waals surface area contributed by atoms with Crippen LogP contribution in [0, 0.1) is 11.7 Å². The molecule has 0 aliphatic carbocycles. The van der Waals surface area contributed by atoms with Crippen LogP contribution in [-0.2, 0) is 0 Å². The molecule has 1 aliphatic rings. The van der Waals surface area contributed by atoms with Crippen molar-refractivity contribution in [2.24, 2.45) is 11.7 Å². The normalized spacial score (nSPS) is 22.4. The Hall–Kier alpha value is -0.930. The minimum absolute atomic E-state index is 0.0163. The summed E-state index contributed by atoms with van der Waals surface area (Å²) in [6, 6.07) is 6.59. The van der Waals surface area contributed by atoms with E-state index < -0.39 is 0 Å². The first-order valence-corrected chi connectivity index (χ1v) is 7.42. The average Bonchev–Trinajstić information content (AvgIpc) is 2.46. The maximum atomic E-state index is 12.9. The standard InChI is InChI=1S/C16H25FN2/c1-2-13-4-3-10-19(12-13)11-9-16(18)14-5-7-15(17)8-6-14/h5-8,13,16H,2-4,9-12,18H2,1H3. The van der Waals surface area contributed by atoms with Gasteiger partial charge >= 0.3 is 0 Å². The predicted molar refractivity (Wildman–Crippen MR) is 77.4 cm³/mol. The van der Waals surface area contributed by atoms with E-state index in [0.717, 1.165) is 24.4 Å². The van der Waals surface area contributed by atoms with Crippen molar-refractivity contribution in [1.82, 2.24) is 4.90 Å². The lowest BCUT2D eigenvalue weighted by Gasteiger charge is -2.32. The summed E-state index contributed by atoms with van der Waals surface area (Å²) >= 11 is 0. The van der Waals surface area contributed by atoms with Crippen LogP contribution in [0.3, 0.4) is 0 Å². The quantitative estimate of drug-likeness (QED) is 0.884. The highest BCUT2D eigenvalue weighted by atomic mass is 19.1. The van der Waals surface area contributed by atoms with E-state index in [1.54, 1.807) is 12.1 Å². The lowest BCUT2D eigenvalue weighted by Crippen LogP contribution is -2.36. The SMILES string of the molecule is CCC1CCCN(CCC(N)c2ccc(F)cc2)C1. The van der Waals surface area contributed by atoms with Crippen LogP contribution in [-0.4, -0.2) is 24.5 Å². The summed E-state index contributed by atoms with van der Waals surface area (Å²) in [5, 5.41) is 0. The van der Waals surface area contributed by atoms with Crippen molar-refractivity contribution >= 4 is 0 Å². The third kappa shape index (κ3) is 4.29. The third-order valence-corrected chi connectivity index (χ3v) is 4.23. The number of benzene rings is 1. The maximum Gasteiger partial charge on any atom is 0.123 e. The first-order chi connectivity index (χ1) is 9.19. The van der Waals surface area contributed by atoms with Crippen molar-refractivity contribution in [3.8, 4) is 0 Å². The molecule has 2 N–H and O–H groups in total. The number of likely N-dealkylation sites (tertiary alicyclic amines) is 1. The van der Waals surface area contributed by atoms with Crippen molar-refractivity contribution in [2.45, 2.75) is 38.6 Å². The van der Waals surface area contributed by atoms with Crippen molar-refractivity contribution < 1.29 is 4.39 Å². The molecule has 0 spiro atoms. The monoisotopic (exact) mass is 264 g/mol. The Labute approximate surface area is 115 Å². The van der Waals surface area contributed by atoms with E-state index in [-0.39, 0.29) is 11.9 Å². The van der Waals surface area contributed by atoms with Crippen LogP contribution < -0.4 is 5.73 Å². The number of rotatable bonds is 5. The second kappa shape index (κ2) is 7.01. The molecule has 0 radical (unpaired) electrons. The maximum absolute atomic E-state index is 12.9. The van der Waals surface area contributed by atoms with Crippen molar-refractivity contribution in [1.29, 1.82) is 0 Å². The molecule has 106 valence electrons. The number of nitrogens with two attached hydrogens (primary N) is 1. The first kappa shape index (κ1) is 14.5. The van der Waals surface area contributed by atoms with Gasteiger partial charge in [0.15, 0.2) is 0 Å². The molecule has 1 heterocycles. The zero-order chi connectivity index (χ0) is 13.7. The topological polar surface area (TPSA) is 29.3 Å². The Balaban J connectivity index is 1.79. The minimum Gasteiger partial charge on any atom is -0.324 e.